The van der Waals surface area contributed by atoms with Crippen molar-refractivity contribution in [1.82, 2.24) is 0 Å². The zero-order valence-electron chi connectivity index (χ0n) is 9.11. The highest BCUT2D eigenvalue weighted by Crippen LogP contribution is 2.74. The molecule has 0 unspecified atom stereocenters. The van der Waals surface area contributed by atoms with Crippen molar-refractivity contribution in [3.05, 3.63) is 0 Å². The highest BCUT2D eigenvalue weighted by atomic mass is 16.1. The molecule has 0 aromatic rings. The Labute approximate surface area is 90.6 Å². The fourth-order valence-corrected chi connectivity index (χ4v) is 5.62. The van der Waals surface area contributed by atoms with Gasteiger partial charge in [0.05, 0.1) is 0 Å². The minimum absolute atomic E-state index is 0.0116. The van der Waals surface area contributed by atoms with Gasteiger partial charge in [-0.25, -0.2) is 0 Å². The fraction of sp³-hybridized carbons (Fsp3) is 0.923. The Morgan fingerprint density at radius 1 is 1.00 bits per heavy atom. The molecule has 1 spiro atoms. The van der Waals surface area contributed by atoms with E-state index in [0.717, 1.165) is 30.1 Å². The zero-order chi connectivity index (χ0) is 10.2. The Hall–Kier alpha value is -0.530. The molecule has 5 aliphatic rings. The van der Waals surface area contributed by atoms with Gasteiger partial charge in [-0.1, -0.05) is 0 Å². The summed E-state index contributed by atoms with van der Waals surface area (Å²) in [6.07, 6.45) is 8.28. The summed E-state index contributed by atoms with van der Waals surface area (Å²) in [4.78, 5) is 11.4. The highest BCUT2D eigenvalue weighted by Gasteiger charge is 2.70. The number of amides is 1. The lowest BCUT2D eigenvalue weighted by Gasteiger charge is -2.55. The smallest absolute Gasteiger partial charge is 0.221 e. The molecule has 82 valence electrons. The van der Waals surface area contributed by atoms with Gasteiger partial charge >= 0.3 is 0 Å². The first-order valence-corrected chi connectivity index (χ1v) is 6.49. The SMILES string of the molecule is NC(=O)[C@@H]1CC12C1CC3CC(C1)CC2C3. The zero-order valence-corrected chi connectivity index (χ0v) is 9.11. The van der Waals surface area contributed by atoms with Crippen LogP contribution in [0.25, 0.3) is 0 Å². The highest BCUT2D eigenvalue weighted by molar-refractivity contribution is 5.81. The second-order valence-corrected chi connectivity index (χ2v) is 6.58. The molecule has 0 heterocycles. The molecule has 2 N–H and O–H groups in total. The lowest BCUT2D eigenvalue weighted by Crippen LogP contribution is -2.48. The van der Waals surface area contributed by atoms with Crippen LogP contribution in [0.2, 0.25) is 0 Å². The van der Waals surface area contributed by atoms with Crippen LogP contribution in [0.3, 0.4) is 0 Å². The van der Waals surface area contributed by atoms with Crippen LogP contribution < -0.4 is 5.73 Å². The van der Waals surface area contributed by atoms with Crippen LogP contribution in [-0.4, -0.2) is 5.91 Å². The molecule has 5 aliphatic carbocycles. The van der Waals surface area contributed by atoms with Crippen molar-refractivity contribution in [2.75, 3.05) is 0 Å². The van der Waals surface area contributed by atoms with Crippen LogP contribution in [-0.2, 0) is 4.79 Å². The van der Waals surface area contributed by atoms with Gasteiger partial charge < -0.3 is 5.73 Å². The summed E-state index contributed by atoms with van der Waals surface area (Å²) in [5.74, 6) is 3.99. The van der Waals surface area contributed by atoms with E-state index >= 15 is 0 Å². The van der Waals surface area contributed by atoms with E-state index < -0.39 is 0 Å². The largest absolute Gasteiger partial charge is 0.369 e. The van der Waals surface area contributed by atoms with E-state index in [1.807, 2.05) is 0 Å². The summed E-state index contributed by atoms with van der Waals surface area (Å²) in [7, 11) is 0. The summed E-state index contributed by atoms with van der Waals surface area (Å²) >= 11 is 0. The molecule has 0 aromatic carbocycles. The van der Waals surface area contributed by atoms with E-state index in [-0.39, 0.29) is 11.8 Å². The van der Waals surface area contributed by atoms with E-state index in [1.165, 1.54) is 32.1 Å². The monoisotopic (exact) mass is 205 g/mol. The van der Waals surface area contributed by atoms with Crippen LogP contribution in [0.4, 0.5) is 0 Å². The Balaban J connectivity index is 1.70. The molecule has 5 fully saturated rings. The topological polar surface area (TPSA) is 43.1 Å². The minimum atomic E-state index is -0.0116. The Morgan fingerprint density at radius 3 is 1.93 bits per heavy atom. The fourth-order valence-electron chi connectivity index (χ4n) is 5.62. The molecule has 2 nitrogen and oxygen atoms in total. The lowest BCUT2D eigenvalue weighted by atomic mass is 9.49. The van der Waals surface area contributed by atoms with Crippen molar-refractivity contribution < 1.29 is 4.79 Å². The van der Waals surface area contributed by atoms with E-state index in [2.05, 4.69) is 0 Å². The van der Waals surface area contributed by atoms with Gasteiger partial charge in [0.25, 0.3) is 0 Å². The van der Waals surface area contributed by atoms with Crippen molar-refractivity contribution in [3.8, 4) is 0 Å². The van der Waals surface area contributed by atoms with Gasteiger partial charge in [-0.3, -0.25) is 4.79 Å². The van der Waals surface area contributed by atoms with Gasteiger partial charge in [-0.05, 0) is 67.6 Å². The van der Waals surface area contributed by atoms with Crippen molar-refractivity contribution in [2.24, 2.45) is 40.7 Å². The molecule has 5 rings (SSSR count). The lowest BCUT2D eigenvalue weighted by molar-refractivity contribution is -0.123. The molecule has 0 radical (unpaired) electrons. The molecule has 2 heteroatoms. The second-order valence-electron chi connectivity index (χ2n) is 6.58. The minimum Gasteiger partial charge on any atom is -0.369 e. The van der Waals surface area contributed by atoms with E-state index in [0.29, 0.717) is 5.41 Å². The third-order valence-corrected chi connectivity index (χ3v) is 6.05. The number of primary amides is 1. The molecule has 1 amide bonds. The van der Waals surface area contributed by atoms with Crippen LogP contribution >= 0.6 is 0 Å². The van der Waals surface area contributed by atoms with Gasteiger partial charge in [-0.2, -0.15) is 0 Å². The normalized spacial score (nSPS) is 59.9. The number of carbonyl (C=O) groups is 1. The molecular weight excluding hydrogens is 186 g/mol. The van der Waals surface area contributed by atoms with E-state index in [9.17, 15) is 4.79 Å². The number of nitrogens with two attached hydrogens (primary N) is 1. The van der Waals surface area contributed by atoms with Gasteiger partial charge in [-0.15, -0.1) is 0 Å². The average molecular weight is 205 g/mol. The summed E-state index contributed by atoms with van der Waals surface area (Å²) in [5.41, 5.74) is 5.93. The van der Waals surface area contributed by atoms with Gasteiger partial charge in [0.2, 0.25) is 5.91 Å². The Bertz CT molecular complexity index is 307. The van der Waals surface area contributed by atoms with Crippen LogP contribution in [0, 0.1) is 35.0 Å². The summed E-state index contributed by atoms with van der Waals surface area (Å²) in [6.45, 7) is 0. The first-order valence-electron chi connectivity index (χ1n) is 6.49. The predicted octanol–water partition coefficient (Wildman–Crippen LogP) is 1.93. The first kappa shape index (κ1) is 8.60. The van der Waals surface area contributed by atoms with Crippen LogP contribution in [0.1, 0.15) is 38.5 Å². The maximum atomic E-state index is 11.4. The van der Waals surface area contributed by atoms with Crippen molar-refractivity contribution in [3.63, 3.8) is 0 Å². The predicted molar refractivity (Wildman–Crippen MR) is 56.8 cm³/mol. The van der Waals surface area contributed by atoms with Crippen molar-refractivity contribution >= 4 is 5.91 Å². The van der Waals surface area contributed by atoms with Crippen LogP contribution in [0.15, 0.2) is 0 Å². The third-order valence-electron chi connectivity index (χ3n) is 6.05. The molecule has 1 atom stereocenters. The van der Waals surface area contributed by atoms with Gasteiger partial charge in [0.15, 0.2) is 0 Å². The molecular formula is C13H19NO. The molecule has 15 heavy (non-hydrogen) atoms. The van der Waals surface area contributed by atoms with Gasteiger partial charge in [0, 0.05) is 5.92 Å². The molecule has 0 aromatic heterocycles. The number of carbonyl (C=O) groups excluding carboxylic acids is 1. The van der Waals surface area contributed by atoms with E-state index in [4.69, 9.17) is 5.73 Å². The number of hydrogen-bond acceptors (Lipinski definition) is 1. The van der Waals surface area contributed by atoms with Gasteiger partial charge in [0.1, 0.15) is 0 Å². The molecule has 4 bridgehead atoms. The second kappa shape index (κ2) is 2.41. The number of rotatable bonds is 1. The maximum absolute atomic E-state index is 11.4. The summed E-state index contributed by atoms with van der Waals surface area (Å²) < 4.78 is 0. The van der Waals surface area contributed by atoms with Crippen molar-refractivity contribution in [1.29, 1.82) is 0 Å². The molecule has 0 saturated heterocycles. The molecule has 0 aliphatic heterocycles. The van der Waals surface area contributed by atoms with Crippen molar-refractivity contribution in [2.45, 2.75) is 38.5 Å². The third kappa shape index (κ3) is 0.896. The molecule has 5 saturated carbocycles. The first-order chi connectivity index (χ1) is 7.20. The maximum Gasteiger partial charge on any atom is 0.221 e. The Kier molecular flexibility index (Phi) is 1.38. The Morgan fingerprint density at radius 2 is 1.53 bits per heavy atom. The van der Waals surface area contributed by atoms with E-state index in [1.54, 1.807) is 0 Å². The number of hydrogen-bond donors (Lipinski definition) is 1. The standard InChI is InChI=1S/C13H19NO/c14-12(15)11-6-13(11)9-2-7-1-8(4-9)5-10(13)3-7/h7-11H,1-6H2,(H2,14,15)/t7?,8?,9?,10?,11-,13?/m0/s1. The average Bonchev–Trinajstić information content (AvgIpc) is 2.89. The summed E-state index contributed by atoms with van der Waals surface area (Å²) in [5, 5.41) is 0. The van der Waals surface area contributed by atoms with Crippen LogP contribution in [0.5, 0.6) is 0 Å². The summed E-state index contributed by atoms with van der Waals surface area (Å²) in [6, 6.07) is 0. The quantitative estimate of drug-likeness (QED) is 0.698.